The Morgan fingerprint density at radius 1 is 1.25 bits per heavy atom. The first kappa shape index (κ1) is 24.3. The Kier molecular flexibility index (Phi) is 6.72. The van der Waals surface area contributed by atoms with Crippen molar-refractivity contribution >= 4 is 39.9 Å². The molecule has 36 heavy (non-hydrogen) atoms. The third-order valence-corrected chi connectivity index (χ3v) is 7.70. The summed E-state index contributed by atoms with van der Waals surface area (Å²) in [6.07, 6.45) is 6.82. The average molecular weight is 527 g/mol. The maximum Gasteiger partial charge on any atom is 0.407 e. The molecule has 5 rings (SSSR count). The van der Waals surface area contributed by atoms with E-state index in [2.05, 4.69) is 21.5 Å². The standard InChI is InChI=1S/C25H27ClN6O3S/c1-14(2)21(30-25(34)35-3)23(33)32-10-4-5-19(32)22-27-11-17(28-22)18-12-31-13-20(36-24(31)29-18)15-6-8-16(26)9-7-15/h6-9,11-14,19,21H,4-5,10H2,1-3H3,(H,27,28)(H,30,34)/t19-,21-/m0/s1. The van der Waals surface area contributed by atoms with Gasteiger partial charge in [-0.05, 0) is 36.5 Å². The first-order valence-electron chi connectivity index (χ1n) is 11.8. The zero-order chi connectivity index (χ0) is 25.4. The number of benzene rings is 1. The zero-order valence-corrected chi connectivity index (χ0v) is 21.8. The van der Waals surface area contributed by atoms with Crippen molar-refractivity contribution < 1.29 is 14.3 Å². The van der Waals surface area contributed by atoms with Crippen LogP contribution < -0.4 is 5.32 Å². The molecule has 2 atom stereocenters. The van der Waals surface area contributed by atoms with Crippen LogP contribution in [0.3, 0.4) is 0 Å². The average Bonchev–Trinajstić information content (AvgIpc) is 3.64. The van der Waals surface area contributed by atoms with Crippen LogP contribution in [0.2, 0.25) is 5.02 Å². The van der Waals surface area contributed by atoms with Crippen molar-refractivity contribution in [1.29, 1.82) is 0 Å². The van der Waals surface area contributed by atoms with E-state index in [1.54, 1.807) is 22.4 Å². The van der Waals surface area contributed by atoms with Gasteiger partial charge in [0.05, 0.1) is 29.9 Å². The number of halogens is 1. The van der Waals surface area contributed by atoms with Crippen molar-refractivity contribution in [3.8, 4) is 21.8 Å². The summed E-state index contributed by atoms with van der Waals surface area (Å²) in [5, 5.41) is 3.38. The molecular weight excluding hydrogens is 500 g/mol. The third kappa shape index (κ3) is 4.70. The fourth-order valence-electron chi connectivity index (χ4n) is 4.50. The van der Waals surface area contributed by atoms with Crippen LogP contribution in [-0.2, 0) is 9.53 Å². The molecule has 9 nitrogen and oxygen atoms in total. The van der Waals surface area contributed by atoms with Gasteiger partial charge in [0.1, 0.15) is 17.6 Å². The van der Waals surface area contributed by atoms with Gasteiger partial charge in [-0.15, -0.1) is 0 Å². The normalized spacial score (nSPS) is 16.6. The van der Waals surface area contributed by atoms with E-state index in [9.17, 15) is 9.59 Å². The number of ether oxygens (including phenoxy) is 1. The molecule has 4 heterocycles. The van der Waals surface area contributed by atoms with Crippen LogP contribution in [0.4, 0.5) is 4.79 Å². The monoisotopic (exact) mass is 526 g/mol. The predicted molar refractivity (Wildman–Crippen MR) is 139 cm³/mol. The number of alkyl carbamates (subject to hydrolysis) is 1. The number of nitrogens with zero attached hydrogens (tertiary/aromatic N) is 4. The van der Waals surface area contributed by atoms with Crippen molar-refractivity contribution in [3.63, 3.8) is 0 Å². The van der Waals surface area contributed by atoms with Gasteiger partial charge in [-0.3, -0.25) is 9.20 Å². The summed E-state index contributed by atoms with van der Waals surface area (Å²) in [6, 6.07) is 6.89. The summed E-state index contributed by atoms with van der Waals surface area (Å²) in [7, 11) is 1.29. The summed E-state index contributed by atoms with van der Waals surface area (Å²) in [5.41, 5.74) is 2.67. The number of carbonyl (C=O) groups is 2. The number of H-pyrrole nitrogens is 1. The molecule has 0 spiro atoms. The maximum atomic E-state index is 13.3. The van der Waals surface area contributed by atoms with Crippen LogP contribution in [0, 0.1) is 5.92 Å². The highest BCUT2D eigenvalue weighted by atomic mass is 35.5. The maximum absolute atomic E-state index is 13.3. The molecule has 2 N–H and O–H groups in total. The van der Waals surface area contributed by atoms with E-state index < -0.39 is 12.1 Å². The predicted octanol–water partition coefficient (Wildman–Crippen LogP) is 5.15. The SMILES string of the molecule is COC(=O)N[C@H](C(=O)N1CCC[C@H]1c1ncc(-c2cn3cc(-c4ccc(Cl)cc4)sc3n2)[nH]1)C(C)C. The highest BCUT2D eigenvalue weighted by Gasteiger charge is 2.37. The number of imidazole rings is 2. The smallest absolute Gasteiger partial charge is 0.407 e. The number of rotatable bonds is 6. The van der Waals surface area contributed by atoms with Crippen LogP contribution in [0.15, 0.2) is 42.9 Å². The molecule has 11 heteroatoms. The van der Waals surface area contributed by atoms with E-state index >= 15 is 0 Å². The van der Waals surface area contributed by atoms with Gasteiger partial charge < -0.3 is 19.9 Å². The van der Waals surface area contributed by atoms with Gasteiger partial charge in [0.15, 0.2) is 4.96 Å². The van der Waals surface area contributed by atoms with Crippen LogP contribution in [-0.4, -0.2) is 55.9 Å². The summed E-state index contributed by atoms with van der Waals surface area (Å²) in [4.78, 5) is 41.7. The fraction of sp³-hybridized carbons (Fsp3) is 0.360. The molecule has 4 aromatic rings. The number of methoxy groups -OCH3 is 1. The van der Waals surface area contributed by atoms with E-state index in [0.717, 1.165) is 45.5 Å². The van der Waals surface area contributed by atoms with Crippen LogP contribution in [0.1, 0.15) is 38.6 Å². The highest BCUT2D eigenvalue weighted by Crippen LogP contribution is 2.34. The summed E-state index contributed by atoms with van der Waals surface area (Å²) in [6.45, 7) is 4.41. The Labute approximate surface area is 217 Å². The van der Waals surface area contributed by atoms with E-state index in [1.807, 2.05) is 48.7 Å². The first-order chi connectivity index (χ1) is 17.3. The van der Waals surface area contributed by atoms with Gasteiger partial charge in [-0.1, -0.05) is 48.9 Å². The van der Waals surface area contributed by atoms with Gasteiger partial charge in [0.25, 0.3) is 0 Å². The Morgan fingerprint density at radius 3 is 2.72 bits per heavy atom. The molecule has 188 valence electrons. The van der Waals surface area contributed by atoms with Crippen molar-refractivity contribution in [2.75, 3.05) is 13.7 Å². The lowest BCUT2D eigenvalue weighted by molar-refractivity contribution is -0.135. The number of aromatic amines is 1. The van der Waals surface area contributed by atoms with E-state index in [0.29, 0.717) is 11.6 Å². The summed E-state index contributed by atoms with van der Waals surface area (Å²) in [5.74, 6) is 0.504. The third-order valence-electron chi connectivity index (χ3n) is 6.40. The number of nitrogens with one attached hydrogen (secondary N) is 2. The topological polar surface area (TPSA) is 105 Å². The lowest BCUT2D eigenvalue weighted by Crippen LogP contribution is -2.51. The molecule has 0 radical (unpaired) electrons. The van der Waals surface area contributed by atoms with Gasteiger partial charge >= 0.3 is 6.09 Å². The molecular formula is C25H27ClN6O3S. The molecule has 3 aromatic heterocycles. The molecule has 1 aliphatic heterocycles. The second-order valence-electron chi connectivity index (χ2n) is 9.15. The molecule has 2 amide bonds. The van der Waals surface area contributed by atoms with Gasteiger partial charge in [-0.2, -0.15) is 0 Å². The largest absolute Gasteiger partial charge is 0.453 e. The van der Waals surface area contributed by atoms with Crippen molar-refractivity contribution in [2.45, 2.75) is 38.8 Å². The number of likely N-dealkylation sites (tertiary alicyclic amines) is 1. The molecule has 1 aliphatic rings. The number of aromatic nitrogens is 4. The number of fused-ring (bicyclic) bond motifs is 1. The Bertz CT molecular complexity index is 1360. The molecule has 1 aromatic carbocycles. The van der Waals surface area contributed by atoms with Crippen molar-refractivity contribution in [1.82, 2.24) is 29.6 Å². The second-order valence-corrected chi connectivity index (χ2v) is 10.6. The summed E-state index contributed by atoms with van der Waals surface area (Å²) >= 11 is 7.61. The molecule has 0 unspecified atom stereocenters. The minimum absolute atomic E-state index is 0.0822. The summed E-state index contributed by atoms with van der Waals surface area (Å²) < 4.78 is 6.71. The molecule has 0 aliphatic carbocycles. The lowest BCUT2D eigenvalue weighted by atomic mass is 10.0. The van der Waals surface area contributed by atoms with E-state index in [4.69, 9.17) is 21.3 Å². The lowest BCUT2D eigenvalue weighted by Gasteiger charge is -2.29. The van der Waals surface area contributed by atoms with Gasteiger partial charge in [0.2, 0.25) is 5.91 Å². The van der Waals surface area contributed by atoms with Crippen molar-refractivity contribution in [3.05, 3.63) is 53.7 Å². The molecule has 1 fully saturated rings. The molecule has 0 saturated carbocycles. The van der Waals surface area contributed by atoms with Crippen LogP contribution >= 0.6 is 22.9 Å². The Hall–Kier alpha value is -3.37. The van der Waals surface area contributed by atoms with E-state index in [1.165, 1.54) is 7.11 Å². The number of hydrogen-bond donors (Lipinski definition) is 2. The quantitative estimate of drug-likeness (QED) is 0.361. The zero-order valence-electron chi connectivity index (χ0n) is 20.2. The van der Waals surface area contributed by atoms with Crippen LogP contribution in [0.25, 0.3) is 26.8 Å². The number of thiazole rings is 1. The molecule has 1 saturated heterocycles. The minimum Gasteiger partial charge on any atom is -0.453 e. The Balaban J connectivity index is 1.35. The Morgan fingerprint density at radius 2 is 2.03 bits per heavy atom. The minimum atomic E-state index is -0.665. The fourth-order valence-corrected chi connectivity index (χ4v) is 5.60. The number of hydrogen-bond acceptors (Lipinski definition) is 6. The van der Waals surface area contributed by atoms with Gasteiger partial charge in [0, 0.05) is 24.0 Å². The molecule has 0 bridgehead atoms. The second kappa shape index (κ2) is 9.94. The van der Waals surface area contributed by atoms with E-state index in [-0.39, 0.29) is 17.9 Å². The van der Waals surface area contributed by atoms with Crippen LogP contribution in [0.5, 0.6) is 0 Å². The van der Waals surface area contributed by atoms with Gasteiger partial charge in [-0.25, -0.2) is 14.8 Å². The first-order valence-corrected chi connectivity index (χ1v) is 13.0. The van der Waals surface area contributed by atoms with Crippen molar-refractivity contribution in [2.24, 2.45) is 5.92 Å². The number of amides is 2. The number of carbonyl (C=O) groups excluding carboxylic acids is 2. The highest BCUT2D eigenvalue weighted by molar-refractivity contribution is 7.20.